The van der Waals surface area contributed by atoms with Gasteiger partial charge in [0.25, 0.3) is 0 Å². The van der Waals surface area contributed by atoms with E-state index >= 15 is 0 Å². The molecule has 0 aromatic heterocycles. The predicted octanol–water partition coefficient (Wildman–Crippen LogP) is 1.31. The van der Waals surface area contributed by atoms with Gasteiger partial charge in [-0.05, 0) is 37.8 Å². The molecule has 0 bridgehead atoms. The van der Waals surface area contributed by atoms with Crippen molar-refractivity contribution in [1.29, 1.82) is 0 Å². The Morgan fingerprint density at radius 1 is 1.50 bits per heavy atom. The normalized spacial score (nSPS) is 25.5. The molecule has 72 valence electrons. The number of nitrogens with zero attached hydrogens (tertiary/aromatic N) is 1. The van der Waals surface area contributed by atoms with Crippen LogP contribution in [0.1, 0.15) is 26.7 Å². The van der Waals surface area contributed by atoms with Gasteiger partial charge in [0.1, 0.15) is 0 Å². The molecule has 0 aromatic rings. The second-order valence-corrected chi connectivity index (χ2v) is 4.39. The summed E-state index contributed by atoms with van der Waals surface area (Å²) in [6, 6.07) is 0. The maximum absolute atomic E-state index is 5.54. The second-order valence-electron chi connectivity index (χ2n) is 4.39. The molecule has 1 saturated heterocycles. The van der Waals surface area contributed by atoms with Gasteiger partial charge in [0.15, 0.2) is 0 Å². The van der Waals surface area contributed by atoms with Crippen molar-refractivity contribution in [2.24, 2.45) is 17.6 Å². The molecule has 2 heteroatoms. The van der Waals surface area contributed by atoms with Crippen molar-refractivity contribution in [2.75, 3.05) is 26.2 Å². The van der Waals surface area contributed by atoms with E-state index in [-0.39, 0.29) is 0 Å². The summed E-state index contributed by atoms with van der Waals surface area (Å²) in [5.41, 5.74) is 5.54. The van der Waals surface area contributed by atoms with Gasteiger partial charge in [-0.25, -0.2) is 0 Å². The minimum atomic E-state index is 0.807. The highest BCUT2D eigenvalue weighted by molar-refractivity contribution is 4.76. The summed E-state index contributed by atoms with van der Waals surface area (Å²) in [5.74, 6) is 1.69. The average Bonchev–Trinajstić information content (AvgIpc) is 2.36. The highest BCUT2D eigenvalue weighted by atomic mass is 15.1. The van der Waals surface area contributed by atoms with Crippen LogP contribution in [0.3, 0.4) is 0 Å². The largest absolute Gasteiger partial charge is 0.330 e. The van der Waals surface area contributed by atoms with Crippen LogP contribution in [0.5, 0.6) is 0 Å². The molecule has 0 saturated carbocycles. The summed E-state index contributed by atoms with van der Waals surface area (Å²) in [5, 5.41) is 0. The molecule has 0 unspecified atom stereocenters. The standard InChI is InChI=1S/C10H22N2/c1-9(2)7-12-6-4-10(8-12)3-5-11/h9-10H,3-8,11H2,1-2H3/t10-/m1/s1. The Balaban J connectivity index is 2.16. The lowest BCUT2D eigenvalue weighted by Crippen LogP contribution is -2.25. The Kier molecular flexibility index (Phi) is 4.02. The predicted molar refractivity (Wildman–Crippen MR) is 53.1 cm³/mol. The Labute approximate surface area is 76.1 Å². The Hall–Kier alpha value is -0.0800. The Morgan fingerprint density at radius 2 is 2.25 bits per heavy atom. The highest BCUT2D eigenvalue weighted by Gasteiger charge is 2.21. The molecular weight excluding hydrogens is 148 g/mol. The minimum Gasteiger partial charge on any atom is -0.330 e. The first-order valence-electron chi connectivity index (χ1n) is 5.14. The lowest BCUT2D eigenvalue weighted by Gasteiger charge is -2.17. The number of nitrogens with two attached hydrogens (primary N) is 1. The molecule has 1 fully saturated rings. The van der Waals surface area contributed by atoms with E-state index in [2.05, 4.69) is 18.7 Å². The maximum atomic E-state index is 5.54. The van der Waals surface area contributed by atoms with Gasteiger partial charge in [0.05, 0.1) is 0 Å². The first-order chi connectivity index (χ1) is 5.72. The monoisotopic (exact) mass is 170 g/mol. The molecule has 1 aliphatic heterocycles. The van der Waals surface area contributed by atoms with Crippen molar-refractivity contribution in [2.45, 2.75) is 26.7 Å². The lowest BCUT2D eigenvalue weighted by molar-refractivity contribution is 0.285. The maximum Gasteiger partial charge on any atom is 0.00107 e. The first-order valence-corrected chi connectivity index (χ1v) is 5.14. The van der Waals surface area contributed by atoms with Gasteiger partial charge in [0.2, 0.25) is 0 Å². The van der Waals surface area contributed by atoms with Gasteiger partial charge in [0, 0.05) is 13.1 Å². The SMILES string of the molecule is CC(C)CN1CC[C@@H](CCN)C1. The fraction of sp³-hybridized carbons (Fsp3) is 1.00. The average molecular weight is 170 g/mol. The van der Waals surface area contributed by atoms with Gasteiger partial charge in [-0.15, -0.1) is 0 Å². The van der Waals surface area contributed by atoms with E-state index in [9.17, 15) is 0 Å². The van der Waals surface area contributed by atoms with Crippen molar-refractivity contribution in [3.05, 3.63) is 0 Å². The van der Waals surface area contributed by atoms with Crippen molar-refractivity contribution >= 4 is 0 Å². The fourth-order valence-electron chi connectivity index (χ4n) is 2.07. The second kappa shape index (κ2) is 4.83. The van der Waals surface area contributed by atoms with E-state index in [1.165, 1.54) is 32.5 Å². The summed E-state index contributed by atoms with van der Waals surface area (Å²) in [6.07, 6.45) is 2.58. The molecule has 1 aliphatic rings. The summed E-state index contributed by atoms with van der Waals surface area (Å²) in [4.78, 5) is 2.57. The molecule has 0 amide bonds. The van der Waals surface area contributed by atoms with E-state index < -0.39 is 0 Å². The van der Waals surface area contributed by atoms with Crippen molar-refractivity contribution in [3.63, 3.8) is 0 Å². The van der Waals surface area contributed by atoms with Crippen LogP contribution in [0, 0.1) is 11.8 Å². The zero-order valence-electron chi connectivity index (χ0n) is 8.42. The molecule has 0 radical (unpaired) electrons. The van der Waals surface area contributed by atoms with Gasteiger partial charge in [-0.3, -0.25) is 0 Å². The summed E-state index contributed by atoms with van der Waals surface area (Å²) >= 11 is 0. The van der Waals surface area contributed by atoms with Crippen LogP contribution in [0.2, 0.25) is 0 Å². The molecule has 1 rings (SSSR count). The van der Waals surface area contributed by atoms with Crippen LogP contribution in [0.25, 0.3) is 0 Å². The molecule has 2 nitrogen and oxygen atoms in total. The number of hydrogen-bond donors (Lipinski definition) is 1. The van der Waals surface area contributed by atoms with E-state index in [1.54, 1.807) is 0 Å². The molecule has 12 heavy (non-hydrogen) atoms. The van der Waals surface area contributed by atoms with E-state index in [0.29, 0.717) is 0 Å². The molecule has 1 atom stereocenters. The molecule has 2 N–H and O–H groups in total. The number of rotatable bonds is 4. The van der Waals surface area contributed by atoms with Crippen LogP contribution >= 0.6 is 0 Å². The van der Waals surface area contributed by atoms with E-state index in [1.807, 2.05) is 0 Å². The minimum absolute atomic E-state index is 0.807. The van der Waals surface area contributed by atoms with E-state index in [0.717, 1.165) is 18.4 Å². The number of likely N-dealkylation sites (tertiary alicyclic amines) is 1. The van der Waals surface area contributed by atoms with Crippen LogP contribution in [0.15, 0.2) is 0 Å². The molecule has 0 spiro atoms. The van der Waals surface area contributed by atoms with Crippen molar-refractivity contribution in [3.8, 4) is 0 Å². The summed E-state index contributed by atoms with van der Waals surface area (Å²) in [6.45, 7) is 9.28. The molecule has 1 heterocycles. The first kappa shape index (κ1) is 10.0. The Bertz CT molecular complexity index is 123. The molecule has 0 aromatic carbocycles. The number of hydrogen-bond acceptors (Lipinski definition) is 2. The third-order valence-corrected chi connectivity index (χ3v) is 2.57. The lowest BCUT2D eigenvalue weighted by atomic mass is 10.1. The van der Waals surface area contributed by atoms with Crippen LogP contribution < -0.4 is 5.73 Å². The molecular formula is C10H22N2. The smallest absolute Gasteiger partial charge is 0.00107 e. The van der Waals surface area contributed by atoms with Crippen molar-refractivity contribution in [1.82, 2.24) is 4.90 Å². The van der Waals surface area contributed by atoms with Gasteiger partial charge in [-0.2, -0.15) is 0 Å². The topological polar surface area (TPSA) is 29.3 Å². The summed E-state index contributed by atoms with van der Waals surface area (Å²) < 4.78 is 0. The van der Waals surface area contributed by atoms with Crippen LogP contribution in [0.4, 0.5) is 0 Å². The molecule has 0 aliphatic carbocycles. The van der Waals surface area contributed by atoms with E-state index in [4.69, 9.17) is 5.73 Å². The van der Waals surface area contributed by atoms with Crippen LogP contribution in [-0.2, 0) is 0 Å². The zero-order chi connectivity index (χ0) is 8.97. The third-order valence-electron chi connectivity index (χ3n) is 2.57. The third kappa shape index (κ3) is 3.11. The Morgan fingerprint density at radius 3 is 2.83 bits per heavy atom. The van der Waals surface area contributed by atoms with Gasteiger partial charge >= 0.3 is 0 Å². The van der Waals surface area contributed by atoms with Gasteiger partial charge < -0.3 is 10.6 Å². The quantitative estimate of drug-likeness (QED) is 0.689. The van der Waals surface area contributed by atoms with Crippen molar-refractivity contribution < 1.29 is 0 Å². The van der Waals surface area contributed by atoms with Gasteiger partial charge in [-0.1, -0.05) is 13.8 Å². The highest BCUT2D eigenvalue weighted by Crippen LogP contribution is 2.19. The summed E-state index contributed by atoms with van der Waals surface area (Å²) in [7, 11) is 0. The van der Waals surface area contributed by atoms with Crippen LogP contribution in [-0.4, -0.2) is 31.1 Å². The zero-order valence-corrected chi connectivity index (χ0v) is 8.42. The fourth-order valence-corrected chi connectivity index (χ4v) is 2.07.